The normalized spacial score (nSPS) is 16.0. The van der Waals surface area contributed by atoms with Crippen molar-refractivity contribution >= 4 is 45.5 Å². The van der Waals surface area contributed by atoms with Gasteiger partial charge in [0.05, 0.1) is 12.8 Å². The van der Waals surface area contributed by atoms with Gasteiger partial charge in [0, 0.05) is 4.47 Å². The molecule has 7 heteroatoms. The number of rotatable bonds is 3. The Morgan fingerprint density at radius 2 is 1.88 bits per heavy atom. The van der Waals surface area contributed by atoms with Gasteiger partial charge in [0.2, 0.25) is 0 Å². The first-order chi connectivity index (χ1) is 12.4. The first kappa shape index (κ1) is 17.9. The number of barbiturate groups is 1. The van der Waals surface area contributed by atoms with Crippen LogP contribution in [0.1, 0.15) is 11.1 Å². The predicted octanol–water partition coefficient (Wildman–Crippen LogP) is 3.43. The number of halogens is 1. The van der Waals surface area contributed by atoms with Gasteiger partial charge in [0.15, 0.2) is 0 Å². The smallest absolute Gasteiger partial charge is 0.335 e. The first-order valence-electron chi connectivity index (χ1n) is 7.72. The number of anilines is 1. The Morgan fingerprint density at radius 1 is 1.12 bits per heavy atom. The molecule has 2 aromatic carbocycles. The molecule has 1 saturated heterocycles. The molecule has 0 atom stereocenters. The number of nitrogens with one attached hydrogen (secondary N) is 1. The van der Waals surface area contributed by atoms with Gasteiger partial charge in [0.1, 0.15) is 11.3 Å². The molecule has 1 fully saturated rings. The van der Waals surface area contributed by atoms with Crippen LogP contribution in [-0.4, -0.2) is 25.0 Å². The molecular weight excluding hydrogens is 400 g/mol. The van der Waals surface area contributed by atoms with Crippen LogP contribution in [0.3, 0.4) is 0 Å². The van der Waals surface area contributed by atoms with E-state index in [0.717, 1.165) is 10.5 Å². The molecule has 26 heavy (non-hydrogen) atoms. The zero-order chi connectivity index (χ0) is 18.8. The van der Waals surface area contributed by atoms with Gasteiger partial charge in [-0.05, 0) is 54.5 Å². The Hall–Kier alpha value is -2.93. The number of ether oxygens (including phenoxy) is 1. The fraction of sp³-hybridized carbons (Fsp3) is 0.105. The molecule has 0 bridgehead atoms. The van der Waals surface area contributed by atoms with E-state index in [1.165, 1.54) is 6.08 Å². The van der Waals surface area contributed by atoms with Gasteiger partial charge < -0.3 is 4.74 Å². The summed E-state index contributed by atoms with van der Waals surface area (Å²) in [5.41, 5.74) is 1.77. The number of hydrogen-bond donors (Lipinski definition) is 1. The molecule has 0 aromatic heterocycles. The monoisotopic (exact) mass is 414 g/mol. The summed E-state index contributed by atoms with van der Waals surface area (Å²) in [6, 6.07) is 11.2. The number of aryl methyl sites for hydroxylation is 1. The van der Waals surface area contributed by atoms with E-state index in [0.29, 0.717) is 21.5 Å². The van der Waals surface area contributed by atoms with Crippen LogP contribution < -0.4 is 15.0 Å². The number of methoxy groups -OCH3 is 1. The maximum absolute atomic E-state index is 12.8. The molecule has 1 aliphatic heterocycles. The maximum atomic E-state index is 12.8. The summed E-state index contributed by atoms with van der Waals surface area (Å²) in [6.07, 6.45) is 1.46. The van der Waals surface area contributed by atoms with E-state index in [2.05, 4.69) is 21.2 Å². The van der Waals surface area contributed by atoms with Crippen molar-refractivity contribution in [1.29, 1.82) is 0 Å². The van der Waals surface area contributed by atoms with Crippen LogP contribution in [0.15, 0.2) is 52.5 Å². The Morgan fingerprint density at radius 3 is 2.54 bits per heavy atom. The van der Waals surface area contributed by atoms with Crippen LogP contribution in [0.2, 0.25) is 0 Å². The zero-order valence-electron chi connectivity index (χ0n) is 14.1. The van der Waals surface area contributed by atoms with Crippen LogP contribution in [0, 0.1) is 6.92 Å². The average molecular weight is 415 g/mol. The summed E-state index contributed by atoms with van der Waals surface area (Å²) in [6.45, 7) is 1.86. The highest BCUT2D eigenvalue weighted by Gasteiger charge is 2.36. The van der Waals surface area contributed by atoms with E-state index in [1.807, 2.05) is 6.92 Å². The third-order valence-corrected chi connectivity index (χ3v) is 4.39. The largest absolute Gasteiger partial charge is 0.496 e. The zero-order valence-corrected chi connectivity index (χ0v) is 15.7. The minimum absolute atomic E-state index is 0.117. The van der Waals surface area contributed by atoms with Crippen molar-refractivity contribution in [2.24, 2.45) is 0 Å². The summed E-state index contributed by atoms with van der Waals surface area (Å²) in [5, 5.41) is 2.20. The van der Waals surface area contributed by atoms with Gasteiger partial charge in [-0.1, -0.05) is 28.1 Å². The second-order valence-electron chi connectivity index (χ2n) is 5.67. The molecule has 6 nitrogen and oxygen atoms in total. The summed E-state index contributed by atoms with van der Waals surface area (Å²) in [4.78, 5) is 38.1. The highest BCUT2D eigenvalue weighted by molar-refractivity contribution is 9.10. The number of nitrogens with zero attached hydrogens (tertiary/aromatic N) is 1. The van der Waals surface area contributed by atoms with E-state index >= 15 is 0 Å². The molecule has 1 N–H and O–H groups in total. The van der Waals surface area contributed by atoms with Crippen molar-refractivity contribution in [1.82, 2.24) is 5.32 Å². The van der Waals surface area contributed by atoms with Crippen molar-refractivity contribution in [2.45, 2.75) is 6.92 Å². The fourth-order valence-corrected chi connectivity index (χ4v) is 3.05. The second kappa shape index (κ2) is 7.13. The molecule has 3 rings (SSSR count). The molecule has 0 unspecified atom stereocenters. The van der Waals surface area contributed by atoms with Gasteiger partial charge >= 0.3 is 6.03 Å². The number of imide groups is 2. The van der Waals surface area contributed by atoms with Crippen molar-refractivity contribution in [2.75, 3.05) is 12.0 Å². The van der Waals surface area contributed by atoms with Gasteiger partial charge in [0.25, 0.3) is 11.8 Å². The van der Waals surface area contributed by atoms with Gasteiger partial charge in [-0.25, -0.2) is 9.69 Å². The molecule has 0 radical (unpaired) electrons. The number of carbonyl (C=O) groups excluding carboxylic acids is 3. The topological polar surface area (TPSA) is 75.7 Å². The van der Waals surface area contributed by atoms with Crippen LogP contribution >= 0.6 is 15.9 Å². The van der Waals surface area contributed by atoms with E-state index in [4.69, 9.17) is 4.74 Å². The SMILES string of the molecule is COc1ccc(/C=C2/C(=O)NC(=O)N(c3cccc(Br)c3)C2=O)cc1C. The maximum Gasteiger partial charge on any atom is 0.335 e. The first-order valence-corrected chi connectivity index (χ1v) is 8.51. The quantitative estimate of drug-likeness (QED) is 0.616. The van der Waals surface area contributed by atoms with E-state index in [-0.39, 0.29) is 5.57 Å². The number of urea groups is 1. The minimum atomic E-state index is -0.777. The van der Waals surface area contributed by atoms with E-state index < -0.39 is 17.8 Å². The molecular formula is C19H15BrN2O4. The number of amides is 4. The summed E-state index contributed by atoms with van der Waals surface area (Å²) in [7, 11) is 1.57. The third kappa shape index (κ3) is 3.39. The number of carbonyl (C=O) groups is 3. The molecule has 1 aliphatic rings. The van der Waals surface area contributed by atoms with Crippen molar-refractivity contribution in [3.8, 4) is 5.75 Å². The Labute approximate surface area is 158 Å². The Balaban J connectivity index is 2.01. The lowest BCUT2D eigenvalue weighted by atomic mass is 10.0. The summed E-state index contributed by atoms with van der Waals surface area (Å²) in [5.74, 6) is -0.692. The molecule has 0 aliphatic carbocycles. The summed E-state index contributed by atoms with van der Waals surface area (Å²) >= 11 is 3.31. The molecule has 4 amide bonds. The third-order valence-electron chi connectivity index (χ3n) is 3.90. The van der Waals surface area contributed by atoms with E-state index in [1.54, 1.807) is 49.6 Å². The van der Waals surface area contributed by atoms with Crippen molar-refractivity contribution in [3.05, 3.63) is 63.6 Å². The van der Waals surface area contributed by atoms with Crippen LogP contribution in [0.5, 0.6) is 5.75 Å². The van der Waals surface area contributed by atoms with Gasteiger partial charge in [-0.3, -0.25) is 14.9 Å². The standard InChI is InChI=1S/C19H15BrN2O4/c1-11-8-12(6-7-16(11)26-2)9-15-17(23)21-19(25)22(18(15)24)14-5-3-4-13(20)10-14/h3-10H,1-2H3,(H,21,23,25)/b15-9-. The minimum Gasteiger partial charge on any atom is -0.496 e. The highest BCUT2D eigenvalue weighted by atomic mass is 79.9. The molecule has 2 aromatic rings. The van der Waals surface area contributed by atoms with Crippen LogP contribution in [-0.2, 0) is 9.59 Å². The number of hydrogen-bond acceptors (Lipinski definition) is 4. The molecule has 0 saturated carbocycles. The predicted molar refractivity (Wildman–Crippen MR) is 101 cm³/mol. The summed E-state index contributed by atoms with van der Waals surface area (Å²) < 4.78 is 5.92. The van der Waals surface area contributed by atoms with Crippen molar-refractivity contribution < 1.29 is 19.1 Å². The molecule has 1 heterocycles. The lowest BCUT2D eigenvalue weighted by Gasteiger charge is -2.26. The Bertz CT molecular complexity index is 952. The average Bonchev–Trinajstić information content (AvgIpc) is 2.58. The fourth-order valence-electron chi connectivity index (χ4n) is 2.67. The molecule has 0 spiro atoms. The second-order valence-corrected chi connectivity index (χ2v) is 6.58. The number of benzene rings is 2. The van der Waals surface area contributed by atoms with Crippen molar-refractivity contribution in [3.63, 3.8) is 0 Å². The van der Waals surface area contributed by atoms with Gasteiger partial charge in [-0.2, -0.15) is 0 Å². The van der Waals surface area contributed by atoms with Gasteiger partial charge in [-0.15, -0.1) is 0 Å². The van der Waals surface area contributed by atoms with E-state index in [9.17, 15) is 14.4 Å². The van der Waals surface area contributed by atoms with Crippen LogP contribution in [0.25, 0.3) is 6.08 Å². The lowest BCUT2D eigenvalue weighted by Crippen LogP contribution is -2.54. The lowest BCUT2D eigenvalue weighted by molar-refractivity contribution is -0.122. The molecule has 132 valence electrons. The highest BCUT2D eigenvalue weighted by Crippen LogP contribution is 2.25. The van der Waals surface area contributed by atoms with Crippen LogP contribution in [0.4, 0.5) is 10.5 Å². The Kier molecular flexibility index (Phi) is 4.90.